The second-order valence-electron chi connectivity index (χ2n) is 4.30. The van der Waals surface area contributed by atoms with Gasteiger partial charge in [0.1, 0.15) is 24.7 Å². The molecular formula is C16H17NO2S. The summed E-state index contributed by atoms with van der Waals surface area (Å²) < 4.78 is 11.1. The number of hydrogen-bond acceptors (Lipinski definition) is 3. The lowest BCUT2D eigenvalue weighted by atomic mass is 10.1. The summed E-state index contributed by atoms with van der Waals surface area (Å²) in [7, 11) is 0. The predicted molar refractivity (Wildman–Crippen MR) is 84.4 cm³/mol. The molecule has 2 N–H and O–H groups in total. The Bertz CT molecular complexity index is 540. The van der Waals surface area contributed by atoms with Crippen molar-refractivity contribution in [1.29, 1.82) is 0 Å². The van der Waals surface area contributed by atoms with E-state index in [1.54, 1.807) is 0 Å². The van der Waals surface area contributed by atoms with Crippen LogP contribution in [0.4, 0.5) is 0 Å². The van der Waals surface area contributed by atoms with E-state index in [1.807, 2.05) is 54.6 Å². The molecule has 0 bridgehead atoms. The maximum atomic E-state index is 5.60. The van der Waals surface area contributed by atoms with Crippen LogP contribution in [0.25, 0.3) is 0 Å². The molecule has 2 aromatic rings. The van der Waals surface area contributed by atoms with Gasteiger partial charge in [0, 0.05) is 6.42 Å². The molecule has 2 aromatic carbocycles. The van der Waals surface area contributed by atoms with Crippen molar-refractivity contribution < 1.29 is 9.47 Å². The molecule has 0 heterocycles. The highest BCUT2D eigenvalue weighted by Crippen LogP contribution is 2.13. The van der Waals surface area contributed by atoms with Crippen molar-refractivity contribution in [3.05, 3.63) is 60.2 Å². The number of para-hydroxylation sites is 1. The van der Waals surface area contributed by atoms with E-state index >= 15 is 0 Å². The van der Waals surface area contributed by atoms with E-state index in [2.05, 4.69) is 0 Å². The lowest BCUT2D eigenvalue weighted by molar-refractivity contribution is 0.217. The molecule has 0 aliphatic heterocycles. The fraction of sp³-hybridized carbons (Fsp3) is 0.188. The Kier molecular flexibility index (Phi) is 5.38. The van der Waals surface area contributed by atoms with Gasteiger partial charge in [0.2, 0.25) is 0 Å². The standard InChI is InChI=1S/C16H17NO2S/c17-16(20)12-13-6-8-15(9-7-13)19-11-10-18-14-4-2-1-3-5-14/h1-9H,10-12H2,(H2,17,20). The highest BCUT2D eigenvalue weighted by Gasteiger charge is 1.98. The first kappa shape index (κ1) is 14.3. The monoisotopic (exact) mass is 287 g/mol. The van der Waals surface area contributed by atoms with Gasteiger partial charge in [-0.25, -0.2) is 0 Å². The van der Waals surface area contributed by atoms with Crippen LogP contribution >= 0.6 is 12.2 Å². The third kappa shape index (κ3) is 4.90. The van der Waals surface area contributed by atoms with Gasteiger partial charge in [-0.2, -0.15) is 0 Å². The number of benzene rings is 2. The Morgan fingerprint density at radius 1 is 0.850 bits per heavy atom. The van der Waals surface area contributed by atoms with Crippen LogP contribution in [0.15, 0.2) is 54.6 Å². The predicted octanol–water partition coefficient (Wildman–Crippen LogP) is 2.97. The van der Waals surface area contributed by atoms with E-state index in [9.17, 15) is 0 Å². The second kappa shape index (κ2) is 7.50. The molecule has 0 spiro atoms. The van der Waals surface area contributed by atoms with Crippen LogP contribution < -0.4 is 15.2 Å². The van der Waals surface area contributed by atoms with Crippen molar-refractivity contribution in [3.8, 4) is 11.5 Å². The molecule has 3 nitrogen and oxygen atoms in total. The minimum absolute atomic E-state index is 0.495. The SMILES string of the molecule is NC(=S)Cc1ccc(OCCOc2ccccc2)cc1. The second-order valence-corrected chi connectivity index (χ2v) is 4.82. The fourth-order valence-corrected chi connectivity index (χ4v) is 1.91. The zero-order valence-corrected chi connectivity index (χ0v) is 11.9. The molecule has 0 unspecified atom stereocenters. The summed E-state index contributed by atoms with van der Waals surface area (Å²) in [5.74, 6) is 1.66. The number of ether oxygens (including phenoxy) is 2. The number of thiocarbonyl (C=S) groups is 1. The van der Waals surface area contributed by atoms with Crippen molar-refractivity contribution >= 4 is 17.2 Å². The highest BCUT2D eigenvalue weighted by molar-refractivity contribution is 7.80. The lowest BCUT2D eigenvalue weighted by Gasteiger charge is -2.08. The van der Waals surface area contributed by atoms with Gasteiger partial charge in [-0.3, -0.25) is 0 Å². The molecule has 2 rings (SSSR count). The van der Waals surface area contributed by atoms with Gasteiger partial charge < -0.3 is 15.2 Å². The molecule has 0 saturated carbocycles. The third-order valence-electron chi connectivity index (χ3n) is 2.67. The average Bonchev–Trinajstić information content (AvgIpc) is 2.46. The molecule has 20 heavy (non-hydrogen) atoms. The quantitative estimate of drug-likeness (QED) is 0.628. The Hall–Kier alpha value is -2.07. The third-order valence-corrected chi connectivity index (χ3v) is 2.81. The van der Waals surface area contributed by atoms with Crippen molar-refractivity contribution in [2.24, 2.45) is 5.73 Å². The average molecular weight is 287 g/mol. The highest BCUT2D eigenvalue weighted by atomic mass is 32.1. The van der Waals surface area contributed by atoms with E-state index in [-0.39, 0.29) is 0 Å². The van der Waals surface area contributed by atoms with Crippen LogP contribution in [0, 0.1) is 0 Å². The molecule has 0 fully saturated rings. The fourth-order valence-electron chi connectivity index (χ4n) is 1.74. The van der Waals surface area contributed by atoms with Crippen molar-refractivity contribution in [3.63, 3.8) is 0 Å². The smallest absolute Gasteiger partial charge is 0.122 e. The van der Waals surface area contributed by atoms with Crippen LogP contribution in [-0.2, 0) is 6.42 Å². The topological polar surface area (TPSA) is 44.5 Å². The number of nitrogens with two attached hydrogens (primary N) is 1. The summed E-state index contributed by atoms with van der Waals surface area (Å²) in [6.07, 6.45) is 0.618. The Labute approximate surface area is 124 Å². The molecule has 4 heteroatoms. The van der Waals surface area contributed by atoms with Gasteiger partial charge in [-0.05, 0) is 29.8 Å². The summed E-state index contributed by atoms with van der Waals surface area (Å²) in [5, 5.41) is 0. The molecular weight excluding hydrogens is 270 g/mol. The first-order chi connectivity index (χ1) is 9.74. The van der Waals surface area contributed by atoms with Crippen LogP contribution in [0.5, 0.6) is 11.5 Å². The summed E-state index contributed by atoms with van der Waals surface area (Å²) in [6.45, 7) is 1.02. The Balaban J connectivity index is 1.73. The Morgan fingerprint density at radius 3 is 1.95 bits per heavy atom. The van der Waals surface area contributed by atoms with Gasteiger partial charge in [0.05, 0.1) is 4.99 Å². The molecule has 0 aliphatic carbocycles. The maximum Gasteiger partial charge on any atom is 0.122 e. The van der Waals surface area contributed by atoms with E-state index in [4.69, 9.17) is 27.4 Å². The van der Waals surface area contributed by atoms with E-state index in [1.165, 1.54) is 0 Å². The van der Waals surface area contributed by atoms with Gasteiger partial charge in [-0.15, -0.1) is 0 Å². The largest absolute Gasteiger partial charge is 0.490 e. The molecule has 0 saturated heterocycles. The lowest BCUT2D eigenvalue weighted by Crippen LogP contribution is -2.11. The van der Waals surface area contributed by atoms with E-state index < -0.39 is 0 Å². The number of hydrogen-bond donors (Lipinski definition) is 1. The molecule has 0 radical (unpaired) electrons. The maximum absolute atomic E-state index is 5.60. The summed E-state index contributed by atoms with van der Waals surface area (Å²) in [4.78, 5) is 0.495. The summed E-state index contributed by atoms with van der Waals surface area (Å²) >= 11 is 4.87. The molecule has 0 aromatic heterocycles. The molecule has 0 aliphatic rings. The first-order valence-corrected chi connectivity index (χ1v) is 6.83. The van der Waals surface area contributed by atoms with E-state index in [0.29, 0.717) is 24.6 Å². The van der Waals surface area contributed by atoms with Crippen molar-refractivity contribution in [2.45, 2.75) is 6.42 Å². The zero-order chi connectivity index (χ0) is 14.2. The van der Waals surface area contributed by atoms with Crippen molar-refractivity contribution in [1.82, 2.24) is 0 Å². The van der Waals surface area contributed by atoms with Gasteiger partial charge in [-0.1, -0.05) is 42.5 Å². The van der Waals surface area contributed by atoms with Crippen LogP contribution in [0.1, 0.15) is 5.56 Å². The minimum Gasteiger partial charge on any atom is -0.490 e. The summed E-state index contributed by atoms with van der Waals surface area (Å²) in [6, 6.07) is 17.4. The normalized spacial score (nSPS) is 10.0. The van der Waals surface area contributed by atoms with Crippen LogP contribution in [0.3, 0.4) is 0 Å². The van der Waals surface area contributed by atoms with Gasteiger partial charge in [0.15, 0.2) is 0 Å². The van der Waals surface area contributed by atoms with Crippen LogP contribution in [0.2, 0.25) is 0 Å². The van der Waals surface area contributed by atoms with Gasteiger partial charge >= 0.3 is 0 Å². The van der Waals surface area contributed by atoms with E-state index in [0.717, 1.165) is 17.1 Å². The Morgan fingerprint density at radius 2 is 1.40 bits per heavy atom. The molecule has 104 valence electrons. The first-order valence-electron chi connectivity index (χ1n) is 6.42. The zero-order valence-electron chi connectivity index (χ0n) is 11.1. The number of rotatable bonds is 7. The molecule has 0 atom stereocenters. The van der Waals surface area contributed by atoms with Gasteiger partial charge in [0.25, 0.3) is 0 Å². The molecule has 0 amide bonds. The summed E-state index contributed by atoms with van der Waals surface area (Å²) in [5.41, 5.74) is 6.59. The van der Waals surface area contributed by atoms with Crippen LogP contribution in [-0.4, -0.2) is 18.2 Å². The minimum atomic E-state index is 0.495. The van der Waals surface area contributed by atoms with Crippen molar-refractivity contribution in [2.75, 3.05) is 13.2 Å².